The number of benzene rings is 3. The van der Waals surface area contributed by atoms with Crippen molar-refractivity contribution in [1.82, 2.24) is 4.90 Å². The van der Waals surface area contributed by atoms with Crippen molar-refractivity contribution in [2.24, 2.45) is 5.92 Å². The Morgan fingerprint density at radius 2 is 1.48 bits per heavy atom. The van der Waals surface area contributed by atoms with Crippen LogP contribution in [0.25, 0.3) is 0 Å². The van der Waals surface area contributed by atoms with Gasteiger partial charge in [-0.25, -0.2) is 0 Å². The maximum absolute atomic E-state index is 13.5. The van der Waals surface area contributed by atoms with E-state index in [9.17, 15) is 9.59 Å². The SMILES string of the molecule is Cc1ccc(C)c(NC(=O)[C@H](c2ccccc2)N2CCC(C(=O)Nc3ccccc3)CC2)c1. The first-order valence-corrected chi connectivity index (χ1v) is 11.5. The van der Waals surface area contributed by atoms with Gasteiger partial charge >= 0.3 is 0 Å². The highest BCUT2D eigenvalue weighted by atomic mass is 16.2. The molecule has 2 N–H and O–H groups in total. The van der Waals surface area contributed by atoms with E-state index in [1.165, 1.54) is 0 Å². The summed E-state index contributed by atoms with van der Waals surface area (Å²) in [7, 11) is 0. The standard InChI is InChI=1S/C28H31N3O2/c1-20-13-14-21(2)25(19-20)30-28(33)26(22-9-5-3-6-10-22)31-17-15-23(16-18-31)27(32)29-24-11-7-4-8-12-24/h3-14,19,23,26H,15-18H2,1-2H3,(H,29,32)(H,30,33)/t26-/m0/s1. The van der Waals surface area contributed by atoms with Crippen LogP contribution in [0.4, 0.5) is 11.4 Å². The molecule has 0 unspecified atom stereocenters. The molecule has 1 atom stereocenters. The number of hydrogen-bond acceptors (Lipinski definition) is 3. The summed E-state index contributed by atoms with van der Waals surface area (Å²) in [5, 5.41) is 6.17. The minimum atomic E-state index is -0.399. The lowest BCUT2D eigenvalue weighted by Crippen LogP contribution is -2.44. The molecule has 3 aromatic carbocycles. The fraction of sp³-hybridized carbons (Fsp3) is 0.286. The summed E-state index contributed by atoms with van der Waals surface area (Å²) in [4.78, 5) is 28.4. The Morgan fingerprint density at radius 1 is 0.848 bits per heavy atom. The van der Waals surface area contributed by atoms with E-state index in [1.54, 1.807) is 0 Å². The van der Waals surface area contributed by atoms with Gasteiger partial charge in [0.05, 0.1) is 0 Å². The van der Waals surface area contributed by atoms with Crippen molar-refractivity contribution in [1.29, 1.82) is 0 Å². The minimum absolute atomic E-state index is 0.0397. The van der Waals surface area contributed by atoms with Gasteiger partial charge in [0.15, 0.2) is 0 Å². The predicted octanol–water partition coefficient (Wildman–Crippen LogP) is 5.33. The van der Waals surface area contributed by atoms with Gasteiger partial charge in [-0.1, -0.05) is 60.7 Å². The Labute approximate surface area is 195 Å². The molecule has 1 heterocycles. The van der Waals surface area contributed by atoms with Gasteiger partial charge in [0, 0.05) is 17.3 Å². The molecule has 5 nitrogen and oxygen atoms in total. The number of carbonyl (C=O) groups excluding carboxylic acids is 2. The lowest BCUT2D eigenvalue weighted by Gasteiger charge is -2.36. The second-order valence-electron chi connectivity index (χ2n) is 8.79. The lowest BCUT2D eigenvalue weighted by molar-refractivity contribution is -0.124. The Bertz CT molecular complexity index is 1090. The molecule has 1 fully saturated rings. The van der Waals surface area contributed by atoms with Crippen molar-refractivity contribution in [2.75, 3.05) is 23.7 Å². The number of likely N-dealkylation sites (tertiary alicyclic amines) is 1. The molecular weight excluding hydrogens is 410 g/mol. The summed E-state index contributed by atoms with van der Waals surface area (Å²) >= 11 is 0. The van der Waals surface area contributed by atoms with E-state index < -0.39 is 6.04 Å². The summed E-state index contributed by atoms with van der Waals surface area (Å²) < 4.78 is 0. The van der Waals surface area contributed by atoms with Gasteiger partial charge in [0.2, 0.25) is 11.8 Å². The third-order valence-electron chi connectivity index (χ3n) is 6.32. The number of hydrogen-bond donors (Lipinski definition) is 2. The van der Waals surface area contributed by atoms with E-state index >= 15 is 0 Å². The van der Waals surface area contributed by atoms with Gasteiger partial charge in [-0.2, -0.15) is 0 Å². The van der Waals surface area contributed by atoms with Crippen LogP contribution in [0.5, 0.6) is 0 Å². The molecule has 0 saturated carbocycles. The topological polar surface area (TPSA) is 61.4 Å². The molecule has 0 aromatic heterocycles. The molecule has 3 aromatic rings. The summed E-state index contributed by atoms with van der Waals surface area (Å²) in [6.07, 6.45) is 1.44. The van der Waals surface area contributed by atoms with Gasteiger partial charge in [0.25, 0.3) is 0 Å². The number of amides is 2. The lowest BCUT2D eigenvalue weighted by atomic mass is 9.93. The van der Waals surface area contributed by atoms with Crippen LogP contribution in [-0.4, -0.2) is 29.8 Å². The van der Waals surface area contributed by atoms with Crippen molar-refractivity contribution in [3.63, 3.8) is 0 Å². The highest BCUT2D eigenvalue weighted by molar-refractivity contribution is 5.96. The van der Waals surface area contributed by atoms with Crippen LogP contribution < -0.4 is 10.6 Å². The first-order chi connectivity index (χ1) is 16.0. The minimum Gasteiger partial charge on any atom is -0.326 e. The average molecular weight is 442 g/mol. The molecule has 0 spiro atoms. The van der Waals surface area contributed by atoms with Crippen molar-refractivity contribution < 1.29 is 9.59 Å². The molecule has 2 amide bonds. The normalized spacial score (nSPS) is 15.6. The molecule has 170 valence electrons. The van der Waals surface area contributed by atoms with E-state index in [4.69, 9.17) is 0 Å². The van der Waals surface area contributed by atoms with Gasteiger partial charge in [-0.05, 0) is 74.7 Å². The average Bonchev–Trinajstić information content (AvgIpc) is 2.83. The quantitative estimate of drug-likeness (QED) is 0.543. The molecule has 1 saturated heterocycles. The number of rotatable bonds is 6. The smallest absolute Gasteiger partial charge is 0.246 e. The number of piperidine rings is 1. The molecule has 1 aliphatic heterocycles. The van der Waals surface area contributed by atoms with Crippen LogP contribution in [0.1, 0.15) is 35.6 Å². The molecule has 0 radical (unpaired) electrons. The molecule has 4 rings (SSSR count). The van der Waals surface area contributed by atoms with Crippen LogP contribution in [0, 0.1) is 19.8 Å². The van der Waals surface area contributed by atoms with Crippen LogP contribution in [-0.2, 0) is 9.59 Å². The van der Waals surface area contributed by atoms with E-state index in [2.05, 4.69) is 15.5 Å². The summed E-state index contributed by atoms with van der Waals surface area (Å²) in [6.45, 7) is 5.40. The molecular formula is C28H31N3O2. The van der Waals surface area contributed by atoms with E-state index in [0.29, 0.717) is 13.1 Å². The number of nitrogens with one attached hydrogen (secondary N) is 2. The first-order valence-electron chi connectivity index (χ1n) is 11.5. The highest BCUT2D eigenvalue weighted by Gasteiger charge is 2.33. The Balaban J connectivity index is 1.46. The van der Waals surface area contributed by atoms with E-state index in [0.717, 1.165) is 40.9 Å². The Morgan fingerprint density at radius 3 is 2.15 bits per heavy atom. The number of para-hydroxylation sites is 1. The van der Waals surface area contributed by atoms with E-state index in [-0.39, 0.29) is 17.7 Å². The largest absolute Gasteiger partial charge is 0.326 e. The van der Waals surface area contributed by atoms with E-state index in [1.807, 2.05) is 92.7 Å². The van der Waals surface area contributed by atoms with Crippen molar-refractivity contribution >= 4 is 23.2 Å². The maximum atomic E-state index is 13.5. The summed E-state index contributed by atoms with van der Waals surface area (Å²) in [5.74, 6) is -0.0426. The third-order valence-corrected chi connectivity index (χ3v) is 6.32. The van der Waals surface area contributed by atoms with Crippen molar-refractivity contribution in [3.05, 3.63) is 95.6 Å². The van der Waals surface area contributed by atoms with Crippen molar-refractivity contribution in [3.8, 4) is 0 Å². The second kappa shape index (κ2) is 10.5. The molecule has 0 aliphatic carbocycles. The fourth-order valence-electron chi connectivity index (χ4n) is 4.42. The number of nitrogens with zero attached hydrogens (tertiary/aromatic N) is 1. The van der Waals surface area contributed by atoms with Gasteiger partial charge < -0.3 is 10.6 Å². The molecule has 33 heavy (non-hydrogen) atoms. The van der Waals surface area contributed by atoms with Gasteiger partial charge in [0.1, 0.15) is 6.04 Å². The Hall–Kier alpha value is -3.44. The van der Waals surface area contributed by atoms with Gasteiger partial charge in [-0.3, -0.25) is 14.5 Å². The van der Waals surface area contributed by atoms with Crippen LogP contribution in [0.3, 0.4) is 0 Å². The van der Waals surface area contributed by atoms with Crippen LogP contribution in [0.2, 0.25) is 0 Å². The van der Waals surface area contributed by atoms with Crippen LogP contribution in [0.15, 0.2) is 78.9 Å². The third kappa shape index (κ3) is 5.68. The monoisotopic (exact) mass is 441 g/mol. The van der Waals surface area contributed by atoms with Crippen molar-refractivity contribution in [2.45, 2.75) is 32.7 Å². The zero-order chi connectivity index (χ0) is 23.2. The predicted molar refractivity (Wildman–Crippen MR) is 133 cm³/mol. The van der Waals surface area contributed by atoms with Gasteiger partial charge in [-0.15, -0.1) is 0 Å². The Kier molecular flexibility index (Phi) is 7.20. The zero-order valence-electron chi connectivity index (χ0n) is 19.3. The maximum Gasteiger partial charge on any atom is 0.246 e. The molecule has 1 aliphatic rings. The highest BCUT2D eigenvalue weighted by Crippen LogP contribution is 2.29. The number of aryl methyl sites for hydroxylation is 2. The first kappa shape index (κ1) is 22.7. The zero-order valence-corrected chi connectivity index (χ0v) is 19.3. The number of carbonyl (C=O) groups is 2. The molecule has 0 bridgehead atoms. The summed E-state index contributed by atoms with van der Waals surface area (Å²) in [5.41, 5.74) is 4.78. The fourth-order valence-corrected chi connectivity index (χ4v) is 4.42. The van der Waals surface area contributed by atoms with Crippen LogP contribution >= 0.6 is 0 Å². The molecule has 5 heteroatoms. The number of anilines is 2. The second-order valence-corrected chi connectivity index (χ2v) is 8.79. The summed E-state index contributed by atoms with van der Waals surface area (Å²) in [6, 6.07) is 25.1.